The van der Waals surface area contributed by atoms with E-state index in [1.54, 1.807) is 6.08 Å². The Morgan fingerprint density at radius 3 is 2.75 bits per heavy atom. The summed E-state index contributed by atoms with van der Waals surface area (Å²) < 4.78 is 0. The van der Waals surface area contributed by atoms with Gasteiger partial charge in [-0.2, -0.15) is 0 Å². The fourth-order valence-corrected chi connectivity index (χ4v) is 1.36. The lowest BCUT2D eigenvalue weighted by molar-refractivity contribution is -0.125. The molecule has 4 heteroatoms. The van der Waals surface area contributed by atoms with Crippen LogP contribution in [0.5, 0.6) is 0 Å². The molecule has 0 aromatic rings. The molecule has 0 aromatic heterocycles. The molecule has 1 amide bonds. The number of likely N-dealkylation sites (N-methyl/N-ethyl adjacent to an activating group) is 1. The molecule has 0 fully saturated rings. The fourth-order valence-electron chi connectivity index (χ4n) is 1.36. The minimum atomic E-state index is -0.117. The molecule has 0 bridgehead atoms. The van der Waals surface area contributed by atoms with Gasteiger partial charge >= 0.3 is 0 Å². The molecule has 0 saturated carbocycles. The number of nitrogens with one attached hydrogen (secondary N) is 1. The molecule has 1 atom stereocenters. The SMILES string of the molecule is C=CCNC(=O)C(C)N(C)CCCCCO. The molecular weight excluding hydrogens is 204 g/mol. The van der Waals surface area contributed by atoms with Crippen LogP contribution in [0.25, 0.3) is 0 Å². The maximum absolute atomic E-state index is 11.6. The van der Waals surface area contributed by atoms with E-state index in [0.717, 1.165) is 25.8 Å². The van der Waals surface area contributed by atoms with E-state index in [0.29, 0.717) is 6.54 Å². The van der Waals surface area contributed by atoms with Crippen LogP contribution in [-0.2, 0) is 4.79 Å². The van der Waals surface area contributed by atoms with Gasteiger partial charge in [0.25, 0.3) is 0 Å². The van der Waals surface area contributed by atoms with E-state index in [1.807, 2.05) is 18.9 Å². The maximum atomic E-state index is 11.6. The minimum Gasteiger partial charge on any atom is -0.396 e. The Bertz CT molecular complexity index is 207. The largest absolute Gasteiger partial charge is 0.396 e. The zero-order valence-electron chi connectivity index (χ0n) is 10.4. The summed E-state index contributed by atoms with van der Waals surface area (Å²) in [4.78, 5) is 13.6. The number of rotatable bonds is 9. The molecule has 0 aromatic carbocycles. The van der Waals surface area contributed by atoms with E-state index >= 15 is 0 Å². The van der Waals surface area contributed by atoms with Crippen LogP contribution in [0.15, 0.2) is 12.7 Å². The summed E-state index contributed by atoms with van der Waals surface area (Å²) in [6.45, 7) is 7.09. The smallest absolute Gasteiger partial charge is 0.237 e. The highest BCUT2D eigenvalue weighted by atomic mass is 16.2. The van der Waals surface area contributed by atoms with Gasteiger partial charge in [0.15, 0.2) is 0 Å². The standard InChI is InChI=1S/C12H24N2O2/c1-4-8-13-12(16)11(2)14(3)9-6-5-7-10-15/h4,11,15H,1,5-10H2,2-3H3,(H,13,16). The lowest BCUT2D eigenvalue weighted by Crippen LogP contribution is -2.43. The van der Waals surface area contributed by atoms with E-state index in [4.69, 9.17) is 5.11 Å². The first-order valence-corrected chi connectivity index (χ1v) is 5.83. The number of hydrogen-bond acceptors (Lipinski definition) is 3. The quantitative estimate of drug-likeness (QED) is 0.453. The topological polar surface area (TPSA) is 52.6 Å². The normalized spacial score (nSPS) is 12.5. The van der Waals surface area contributed by atoms with Crippen LogP contribution in [0.4, 0.5) is 0 Å². The number of carbonyl (C=O) groups excluding carboxylic acids is 1. The Morgan fingerprint density at radius 2 is 2.19 bits per heavy atom. The lowest BCUT2D eigenvalue weighted by atomic mass is 10.2. The van der Waals surface area contributed by atoms with Crippen LogP contribution in [0.1, 0.15) is 26.2 Å². The molecule has 0 spiro atoms. The Labute approximate surface area is 98.3 Å². The van der Waals surface area contributed by atoms with Crippen molar-refractivity contribution in [2.45, 2.75) is 32.2 Å². The predicted octanol–water partition coefficient (Wildman–Crippen LogP) is 0.771. The van der Waals surface area contributed by atoms with Gasteiger partial charge in [-0.25, -0.2) is 0 Å². The predicted molar refractivity (Wildman–Crippen MR) is 66.2 cm³/mol. The summed E-state index contributed by atoms with van der Waals surface area (Å²) in [6.07, 6.45) is 4.52. The van der Waals surface area contributed by atoms with Crippen LogP contribution in [0.3, 0.4) is 0 Å². The van der Waals surface area contributed by atoms with Crippen LogP contribution in [0, 0.1) is 0 Å². The third-order valence-electron chi connectivity index (χ3n) is 2.63. The summed E-state index contributed by atoms with van der Waals surface area (Å²) in [6, 6.07) is -0.117. The van der Waals surface area contributed by atoms with Gasteiger partial charge in [-0.05, 0) is 39.8 Å². The van der Waals surface area contributed by atoms with Crippen molar-refractivity contribution in [3.63, 3.8) is 0 Å². The molecule has 0 heterocycles. The van der Waals surface area contributed by atoms with Crippen molar-refractivity contribution in [2.24, 2.45) is 0 Å². The molecule has 1 unspecified atom stereocenters. The lowest BCUT2D eigenvalue weighted by Gasteiger charge is -2.23. The van der Waals surface area contributed by atoms with Gasteiger partial charge in [-0.3, -0.25) is 9.69 Å². The van der Waals surface area contributed by atoms with Gasteiger partial charge in [-0.1, -0.05) is 6.08 Å². The zero-order chi connectivity index (χ0) is 12.4. The third-order valence-corrected chi connectivity index (χ3v) is 2.63. The van der Waals surface area contributed by atoms with E-state index in [2.05, 4.69) is 11.9 Å². The molecule has 16 heavy (non-hydrogen) atoms. The summed E-state index contributed by atoms with van der Waals surface area (Å²) in [5.41, 5.74) is 0. The van der Waals surface area contributed by atoms with Crippen LogP contribution < -0.4 is 5.32 Å². The molecule has 0 saturated heterocycles. The second-order valence-corrected chi connectivity index (χ2v) is 3.97. The van der Waals surface area contributed by atoms with Gasteiger partial charge in [0.05, 0.1) is 6.04 Å². The van der Waals surface area contributed by atoms with E-state index < -0.39 is 0 Å². The first-order valence-electron chi connectivity index (χ1n) is 5.83. The maximum Gasteiger partial charge on any atom is 0.237 e. The van der Waals surface area contributed by atoms with Gasteiger partial charge in [0.1, 0.15) is 0 Å². The van der Waals surface area contributed by atoms with Crippen LogP contribution in [-0.4, -0.2) is 48.7 Å². The number of unbranched alkanes of at least 4 members (excludes halogenated alkanes) is 2. The summed E-state index contributed by atoms with van der Waals surface area (Å²) in [5, 5.41) is 11.4. The van der Waals surface area contributed by atoms with Crippen LogP contribution >= 0.6 is 0 Å². The van der Waals surface area contributed by atoms with Crippen molar-refractivity contribution in [1.29, 1.82) is 0 Å². The van der Waals surface area contributed by atoms with Crippen molar-refractivity contribution >= 4 is 5.91 Å². The number of aliphatic hydroxyl groups is 1. The molecule has 0 aliphatic rings. The van der Waals surface area contributed by atoms with Crippen molar-refractivity contribution in [2.75, 3.05) is 26.7 Å². The van der Waals surface area contributed by atoms with E-state index in [9.17, 15) is 4.79 Å². The van der Waals surface area contributed by atoms with Gasteiger partial charge < -0.3 is 10.4 Å². The Morgan fingerprint density at radius 1 is 1.50 bits per heavy atom. The highest BCUT2D eigenvalue weighted by Gasteiger charge is 2.16. The Hall–Kier alpha value is -0.870. The zero-order valence-corrected chi connectivity index (χ0v) is 10.4. The summed E-state index contributed by atoms with van der Waals surface area (Å²) in [5.74, 6) is 0.0320. The molecule has 94 valence electrons. The highest BCUT2D eigenvalue weighted by Crippen LogP contribution is 2.01. The minimum absolute atomic E-state index is 0.0320. The average Bonchev–Trinajstić information content (AvgIpc) is 2.30. The van der Waals surface area contributed by atoms with Crippen molar-refractivity contribution in [1.82, 2.24) is 10.2 Å². The summed E-state index contributed by atoms with van der Waals surface area (Å²) in [7, 11) is 1.94. The van der Waals surface area contributed by atoms with E-state index in [1.165, 1.54) is 0 Å². The number of carbonyl (C=O) groups is 1. The molecule has 0 aliphatic carbocycles. The number of aliphatic hydroxyl groups excluding tert-OH is 1. The first kappa shape index (κ1) is 15.1. The third kappa shape index (κ3) is 6.58. The van der Waals surface area contributed by atoms with E-state index in [-0.39, 0.29) is 18.6 Å². The number of nitrogens with zero attached hydrogens (tertiary/aromatic N) is 1. The fraction of sp³-hybridized carbons (Fsp3) is 0.750. The second-order valence-electron chi connectivity index (χ2n) is 3.97. The average molecular weight is 228 g/mol. The Balaban J connectivity index is 3.74. The number of amides is 1. The molecule has 0 radical (unpaired) electrons. The monoisotopic (exact) mass is 228 g/mol. The molecule has 4 nitrogen and oxygen atoms in total. The van der Waals surface area contributed by atoms with Gasteiger partial charge in [0.2, 0.25) is 5.91 Å². The molecule has 0 rings (SSSR count). The summed E-state index contributed by atoms with van der Waals surface area (Å²) >= 11 is 0. The molecule has 0 aliphatic heterocycles. The van der Waals surface area contributed by atoms with Gasteiger partial charge in [-0.15, -0.1) is 6.58 Å². The van der Waals surface area contributed by atoms with Crippen molar-refractivity contribution in [3.8, 4) is 0 Å². The second kappa shape index (κ2) is 9.36. The molecule has 2 N–H and O–H groups in total. The molecular formula is C12H24N2O2. The Kier molecular flexibility index (Phi) is 8.85. The van der Waals surface area contributed by atoms with Crippen molar-refractivity contribution < 1.29 is 9.90 Å². The first-order chi connectivity index (χ1) is 7.63. The van der Waals surface area contributed by atoms with Gasteiger partial charge in [0, 0.05) is 13.2 Å². The highest BCUT2D eigenvalue weighted by molar-refractivity contribution is 5.81. The van der Waals surface area contributed by atoms with Crippen molar-refractivity contribution in [3.05, 3.63) is 12.7 Å². The number of hydrogen-bond donors (Lipinski definition) is 2. The van der Waals surface area contributed by atoms with Crippen LogP contribution in [0.2, 0.25) is 0 Å².